The van der Waals surface area contributed by atoms with Gasteiger partial charge in [-0.1, -0.05) is 44.1 Å². The fourth-order valence-corrected chi connectivity index (χ4v) is 1.61. The Morgan fingerprint density at radius 2 is 1.44 bits per heavy atom. The van der Waals surface area contributed by atoms with E-state index in [1.807, 2.05) is 0 Å². The van der Waals surface area contributed by atoms with E-state index >= 15 is 0 Å². The molecule has 18 heavy (non-hydrogen) atoms. The zero-order chi connectivity index (χ0) is 13.5. The van der Waals surface area contributed by atoms with Gasteiger partial charge in [-0.15, -0.1) is 0 Å². The molecule has 0 aliphatic heterocycles. The Labute approximate surface area is 112 Å². The van der Waals surface area contributed by atoms with Crippen LogP contribution in [0, 0.1) is 0 Å². The van der Waals surface area contributed by atoms with Crippen molar-refractivity contribution in [2.75, 3.05) is 6.61 Å². The Hall–Kier alpha value is -1.05. The van der Waals surface area contributed by atoms with Crippen LogP contribution >= 0.6 is 0 Å². The molecule has 0 aliphatic rings. The molecule has 0 bridgehead atoms. The van der Waals surface area contributed by atoms with Crippen molar-refractivity contribution in [3.63, 3.8) is 0 Å². The molecule has 0 aromatic heterocycles. The van der Waals surface area contributed by atoms with Crippen LogP contribution in [0.4, 0.5) is 0 Å². The molecule has 104 valence electrons. The highest BCUT2D eigenvalue weighted by atomic mass is 16.5. The molecule has 0 rings (SSSR count). The first-order valence-corrected chi connectivity index (χ1v) is 7.20. The molecule has 0 N–H and O–H groups in total. The predicted molar refractivity (Wildman–Crippen MR) is 77.5 cm³/mol. The SMILES string of the molecule is CCCCC/C=C\CCC/C=C/CCOC(C)=O. The maximum atomic E-state index is 10.5. The molecule has 0 saturated heterocycles. The van der Waals surface area contributed by atoms with Crippen molar-refractivity contribution in [2.24, 2.45) is 0 Å². The van der Waals surface area contributed by atoms with Gasteiger partial charge in [-0.2, -0.15) is 0 Å². The first-order chi connectivity index (χ1) is 8.77. The maximum absolute atomic E-state index is 10.5. The number of rotatable bonds is 11. The van der Waals surface area contributed by atoms with Crippen LogP contribution in [-0.2, 0) is 9.53 Å². The van der Waals surface area contributed by atoms with Gasteiger partial charge in [0.25, 0.3) is 0 Å². The molecule has 0 heterocycles. The standard InChI is InChI=1S/C16H28O2/c1-3-4-5-6-7-8-9-10-11-12-13-14-15-18-16(2)17/h7-8,12-13H,3-6,9-11,14-15H2,1-2H3/b8-7-,13-12+. The summed E-state index contributed by atoms with van der Waals surface area (Å²) < 4.78 is 4.83. The molecular formula is C16H28O2. The van der Waals surface area contributed by atoms with Crippen molar-refractivity contribution in [3.8, 4) is 0 Å². The third kappa shape index (κ3) is 14.9. The number of carbonyl (C=O) groups is 1. The summed E-state index contributed by atoms with van der Waals surface area (Å²) in [6, 6.07) is 0. The van der Waals surface area contributed by atoms with Crippen molar-refractivity contribution in [1.82, 2.24) is 0 Å². The monoisotopic (exact) mass is 252 g/mol. The molecule has 0 unspecified atom stereocenters. The van der Waals surface area contributed by atoms with E-state index in [4.69, 9.17) is 4.74 Å². The number of esters is 1. The fraction of sp³-hybridized carbons (Fsp3) is 0.688. The Kier molecular flexibility index (Phi) is 13.2. The predicted octanol–water partition coefficient (Wildman–Crippen LogP) is 4.80. The number of allylic oxidation sites excluding steroid dienone is 3. The van der Waals surface area contributed by atoms with Crippen molar-refractivity contribution >= 4 is 5.97 Å². The lowest BCUT2D eigenvalue weighted by Gasteiger charge is -1.96. The van der Waals surface area contributed by atoms with Crippen LogP contribution in [0.5, 0.6) is 0 Å². The molecule has 0 amide bonds. The zero-order valence-electron chi connectivity index (χ0n) is 12.0. The third-order valence-corrected chi connectivity index (χ3v) is 2.64. The van der Waals surface area contributed by atoms with E-state index in [-0.39, 0.29) is 5.97 Å². The molecule has 0 fully saturated rings. The average Bonchev–Trinajstić information content (AvgIpc) is 2.34. The Balaban J connectivity index is 3.19. The lowest BCUT2D eigenvalue weighted by molar-refractivity contribution is -0.140. The Morgan fingerprint density at radius 1 is 0.889 bits per heavy atom. The average molecular weight is 252 g/mol. The number of unbranched alkanes of at least 4 members (excludes halogenated alkanes) is 5. The summed E-state index contributed by atoms with van der Waals surface area (Å²) in [5.41, 5.74) is 0. The third-order valence-electron chi connectivity index (χ3n) is 2.64. The minimum absolute atomic E-state index is 0.198. The second kappa shape index (κ2) is 14.0. The fourth-order valence-electron chi connectivity index (χ4n) is 1.61. The highest BCUT2D eigenvalue weighted by Gasteiger charge is 1.88. The second-order valence-corrected chi connectivity index (χ2v) is 4.50. The summed E-state index contributed by atoms with van der Waals surface area (Å²) >= 11 is 0. The summed E-state index contributed by atoms with van der Waals surface area (Å²) in [6.07, 6.45) is 18.4. The van der Waals surface area contributed by atoms with Crippen molar-refractivity contribution in [3.05, 3.63) is 24.3 Å². The first-order valence-electron chi connectivity index (χ1n) is 7.20. The van der Waals surface area contributed by atoms with E-state index in [9.17, 15) is 4.79 Å². The van der Waals surface area contributed by atoms with Gasteiger partial charge in [-0.25, -0.2) is 0 Å². The number of hydrogen-bond acceptors (Lipinski definition) is 2. The molecule has 0 aliphatic carbocycles. The summed E-state index contributed by atoms with van der Waals surface area (Å²) in [5.74, 6) is -0.198. The van der Waals surface area contributed by atoms with Crippen LogP contribution < -0.4 is 0 Å². The van der Waals surface area contributed by atoms with Gasteiger partial charge in [-0.3, -0.25) is 4.79 Å². The van der Waals surface area contributed by atoms with Gasteiger partial charge in [0.1, 0.15) is 0 Å². The quantitative estimate of drug-likeness (QED) is 0.300. The Bertz CT molecular complexity index is 241. The van der Waals surface area contributed by atoms with Gasteiger partial charge in [0.05, 0.1) is 6.61 Å². The summed E-state index contributed by atoms with van der Waals surface area (Å²) in [7, 11) is 0. The zero-order valence-corrected chi connectivity index (χ0v) is 12.0. The molecule has 0 radical (unpaired) electrons. The van der Waals surface area contributed by atoms with Crippen LogP contribution in [-0.4, -0.2) is 12.6 Å². The van der Waals surface area contributed by atoms with Crippen LogP contribution in [0.2, 0.25) is 0 Å². The van der Waals surface area contributed by atoms with Crippen molar-refractivity contribution in [2.45, 2.75) is 65.2 Å². The lowest BCUT2D eigenvalue weighted by atomic mass is 10.1. The summed E-state index contributed by atoms with van der Waals surface area (Å²) in [5, 5.41) is 0. The highest BCUT2D eigenvalue weighted by molar-refractivity contribution is 5.65. The van der Waals surface area contributed by atoms with Crippen LogP contribution in [0.15, 0.2) is 24.3 Å². The van der Waals surface area contributed by atoms with Gasteiger partial charge in [0.15, 0.2) is 0 Å². The van der Waals surface area contributed by atoms with E-state index in [2.05, 4.69) is 31.2 Å². The minimum Gasteiger partial charge on any atom is -0.466 e. The maximum Gasteiger partial charge on any atom is 0.302 e. The van der Waals surface area contributed by atoms with E-state index in [1.165, 1.54) is 45.4 Å². The molecular weight excluding hydrogens is 224 g/mol. The van der Waals surface area contributed by atoms with Crippen LogP contribution in [0.25, 0.3) is 0 Å². The van der Waals surface area contributed by atoms with Crippen molar-refractivity contribution < 1.29 is 9.53 Å². The topological polar surface area (TPSA) is 26.3 Å². The van der Waals surface area contributed by atoms with Crippen LogP contribution in [0.1, 0.15) is 65.2 Å². The van der Waals surface area contributed by atoms with E-state index in [0.29, 0.717) is 6.61 Å². The largest absolute Gasteiger partial charge is 0.466 e. The smallest absolute Gasteiger partial charge is 0.302 e. The van der Waals surface area contributed by atoms with Gasteiger partial charge >= 0.3 is 5.97 Å². The lowest BCUT2D eigenvalue weighted by Crippen LogP contribution is -1.98. The normalized spacial score (nSPS) is 11.4. The van der Waals surface area contributed by atoms with Gasteiger partial charge in [0, 0.05) is 6.92 Å². The number of hydrogen-bond donors (Lipinski definition) is 0. The molecule has 0 aromatic carbocycles. The Morgan fingerprint density at radius 3 is 2.00 bits per heavy atom. The van der Waals surface area contributed by atoms with Gasteiger partial charge in [0.2, 0.25) is 0 Å². The highest BCUT2D eigenvalue weighted by Crippen LogP contribution is 2.03. The molecule has 0 spiro atoms. The van der Waals surface area contributed by atoms with E-state index < -0.39 is 0 Å². The van der Waals surface area contributed by atoms with Gasteiger partial charge < -0.3 is 4.74 Å². The van der Waals surface area contributed by atoms with Crippen molar-refractivity contribution in [1.29, 1.82) is 0 Å². The van der Waals surface area contributed by atoms with E-state index in [0.717, 1.165) is 12.8 Å². The molecule has 0 saturated carbocycles. The van der Waals surface area contributed by atoms with Gasteiger partial charge in [-0.05, 0) is 38.5 Å². The minimum atomic E-state index is -0.198. The first kappa shape index (κ1) is 16.9. The number of ether oxygens (including phenoxy) is 1. The van der Waals surface area contributed by atoms with Crippen LogP contribution in [0.3, 0.4) is 0 Å². The molecule has 2 nitrogen and oxygen atoms in total. The second-order valence-electron chi connectivity index (χ2n) is 4.50. The van der Waals surface area contributed by atoms with E-state index in [1.54, 1.807) is 0 Å². The summed E-state index contributed by atoms with van der Waals surface area (Å²) in [6.45, 7) is 4.18. The number of carbonyl (C=O) groups excluding carboxylic acids is 1. The summed E-state index contributed by atoms with van der Waals surface area (Å²) in [4.78, 5) is 10.5. The molecule has 0 aromatic rings. The molecule has 2 heteroatoms. The molecule has 0 atom stereocenters.